The van der Waals surface area contributed by atoms with Gasteiger partial charge < -0.3 is 19.5 Å². The Bertz CT molecular complexity index is 1020. The summed E-state index contributed by atoms with van der Waals surface area (Å²) in [6, 6.07) is 8.99. The standard InChI is InChI=1S/C23H26N2O5/c1-14-10-19(29-3)20(30-4)12-16(14)13-25-21(26)23(24-22(25)27)9-5-6-15-11-17(28-2)7-8-18(15)23/h7-8,10-12H,5-6,9,13H2,1-4H3,(H,24,27)/t23-/m0/s1. The van der Waals surface area contributed by atoms with Gasteiger partial charge in [0, 0.05) is 0 Å². The van der Waals surface area contributed by atoms with Gasteiger partial charge >= 0.3 is 6.03 Å². The second kappa shape index (κ2) is 7.55. The van der Waals surface area contributed by atoms with Gasteiger partial charge in [0.05, 0.1) is 27.9 Å². The number of carbonyl (C=O) groups excluding carboxylic acids is 2. The molecule has 1 heterocycles. The van der Waals surface area contributed by atoms with Crippen LogP contribution in [0.5, 0.6) is 17.2 Å². The molecule has 0 aromatic heterocycles. The number of hydrogen-bond acceptors (Lipinski definition) is 5. The molecule has 0 bridgehead atoms. The first kappa shape index (κ1) is 20.1. The van der Waals surface area contributed by atoms with Crippen molar-refractivity contribution in [1.82, 2.24) is 10.2 Å². The van der Waals surface area contributed by atoms with Crippen LogP contribution in [0.3, 0.4) is 0 Å². The maximum absolute atomic E-state index is 13.6. The third-order valence-corrected chi connectivity index (χ3v) is 6.12. The highest BCUT2D eigenvalue weighted by Gasteiger charge is 2.54. The third-order valence-electron chi connectivity index (χ3n) is 6.12. The lowest BCUT2D eigenvalue weighted by Crippen LogP contribution is -2.46. The number of methoxy groups -OCH3 is 3. The lowest BCUT2D eigenvalue weighted by molar-refractivity contribution is -0.132. The summed E-state index contributed by atoms with van der Waals surface area (Å²) in [5.74, 6) is 1.71. The number of nitrogens with one attached hydrogen (secondary N) is 1. The number of imide groups is 1. The molecule has 0 unspecified atom stereocenters. The number of fused-ring (bicyclic) bond motifs is 2. The lowest BCUT2D eigenvalue weighted by Gasteiger charge is -2.33. The van der Waals surface area contributed by atoms with Gasteiger partial charge in [-0.05, 0) is 72.7 Å². The Morgan fingerprint density at radius 1 is 1.03 bits per heavy atom. The summed E-state index contributed by atoms with van der Waals surface area (Å²) in [7, 11) is 4.76. The van der Waals surface area contributed by atoms with E-state index in [0.717, 1.165) is 40.8 Å². The van der Waals surface area contributed by atoms with Gasteiger partial charge in [-0.3, -0.25) is 9.69 Å². The number of hydrogen-bond donors (Lipinski definition) is 1. The van der Waals surface area contributed by atoms with Gasteiger partial charge in [0.2, 0.25) is 0 Å². The molecule has 1 fully saturated rings. The van der Waals surface area contributed by atoms with Crippen molar-refractivity contribution >= 4 is 11.9 Å². The summed E-state index contributed by atoms with van der Waals surface area (Å²) in [5.41, 5.74) is 2.64. The zero-order valence-corrected chi connectivity index (χ0v) is 17.7. The second-order valence-electron chi connectivity index (χ2n) is 7.74. The number of benzene rings is 2. The van der Waals surface area contributed by atoms with E-state index in [1.165, 1.54) is 4.90 Å². The van der Waals surface area contributed by atoms with Crippen molar-refractivity contribution in [2.24, 2.45) is 0 Å². The summed E-state index contributed by atoms with van der Waals surface area (Å²) in [5, 5.41) is 2.99. The monoisotopic (exact) mass is 410 g/mol. The number of amides is 3. The Hall–Kier alpha value is -3.22. The first-order chi connectivity index (χ1) is 14.4. The van der Waals surface area contributed by atoms with Gasteiger partial charge in [-0.2, -0.15) is 0 Å². The van der Waals surface area contributed by atoms with Gasteiger partial charge in [-0.25, -0.2) is 4.79 Å². The van der Waals surface area contributed by atoms with Crippen molar-refractivity contribution in [3.63, 3.8) is 0 Å². The van der Waals surface area contributed by atoms with Crippen molar-refractivity contribution < 1.29 is 23.8 Å². The summed E-state index contributed by atoms with van der Waals surface area (Å²) in [6.45, 7) is 2.10. The molecule has 2 aromatic rings. The maximum atomic E-state index is 13.6. The topological polar surface area (TPSA) is 77.1 Å². The molecule has 158 valence electrons. The maximum Gasteiger partial charge on any atom is 0.325 e. The molecule has 1 spiro atoms. The molecule has 2 aromatic carbocycles. The highest BCUT2D eigenvalue weighted by Crippen LogP contribution is 2.42. The van der Waals surface area contributed by atoms with E-state index in [-0.39, 0.29) is 18.5 Å². The molecule has 0 saturated carbocycles. The van der Waals surface area contributed by atoms with Crippen molar-refractivity contribution in [2.75, 3.05) is 21.3 Å². The molecule has 30 heavy (non-hydrogen) atoms. The Labute approximate surface area is 175 Å². The molecular weight excluding hydrogens is 384 g/mol. The molecule has 2 aliphatic rings. The summed E-state index contributed by atoms with van der Waals surface area (Å²) >= 11 is 0. The Morgan fingerprint density at radius 2 is 1.77 bits per heavy atom. The Morgan fingerprint density at radius 3 is 2.47 bits per heavy atom. The van der Waals surface area contributed by atoms with Gasteiger partial charge in [-0.1, -0.05) is 6.07 Å². The van der Waals surface area contributed by atoms with Gasteiger partial charge in [0.25, 0.3) is 5.91 Å². The first-order valence-corrected chi connectivity index (χ1v) is 9.96. The number of ether oxygens (including phenoxy) is 3. The van der Waals surface area contributed by atoms with Crippen LogP contribution in [0, 0.1) is 6.92 Å². The van der Waals surface area contributed by atoms with Crippen LogP contribution in [0.2, 0.25) is 0 Å². The molecule has 4 rings (SSSR count). The van der Waals surface area contributed by atoms with E-state index in [9.17, 15) is 9.59 Å². The molecular formula is C23H26N2O5. The Balaban J connectivity index is 1.68. The quantitative estimate of drug-likeness (QED) is 0.766. The molecule has 1 aliphatic carbocycles. The van der Waals surface area contributed by atoms with Crippen LogP contribution in [-0.2, 0) is 23.3 Å². The SMILES string of the molecule is COc1ccc2c(c1)CCC[C@]21NC(=O)N(Cc2cc(OC)c(OC)cc2C)C1=O. The van der Waals surface area contributed by atoms with E-state index in [1.54, 1.807) is 21.3 Å². The number of urea groups is 1. The Kier molecular flexibility index (Phi) is 5.05. The van der Waals surface area contributed by atoms with Crippen molar-refractivity contribution in [3.05, 3.63) is 52.6 Å². The van der Waals surface area contributed by atoms with Gasteiger partial charge in [0.15, 0.2) is 11.5 Å². The first-order valence-electron chi connectivity index (χ1n) is 9.96. The summed E-state index contributed by atoms with van der Waals surface area (Å²) in [6.07, 6.45) is 2.25. The van der Waals surface area contributed by atoms with Gasteiger partial charge in [-0.15, -0.1) is 0 Å². The molecule has 3 amide bonds. The fourth-order valence-corrected chi connectivity index (χ4v) is 4.48. The minimum atomic E-state index is -1.01. The second-order valence-corrected chi connectivity index (χ2v) is 7.74. The number of aryl methyl sites for hydroxylation is 2. The number of rotatable bonds is 5. The van der Waals surface area contributed by atoms with E-state index in [4.69, 9.17) is 14.2 Å². The smallest absolute Gasteiger partial charge is 0.325 e. The van der Waals surface area contributed by atoms with E-state index in [1.807, 2.05) is 37.3 Å². The van der Waals surface area contributed by atoms with Crippen LogP contribution in [0.4, 0.5) is 4.79 Å². The van der Waals surface area contributed by atoms with E-state index in [2.05, 4.69) is 5.32 Å². The fourth-order valence-electron chi connectivity index (χ4n) is 4.48. The minimum Gasteiger partial charge on any atom is -0.497 e. The fraction of sp³-hybridized carbons (Fsp3) is 0.391. The normalized spacial score (nSPS) is 20.2. The molecule has 7 nitrogen and oxygen atoms in total. The van der Waals surface area contributed by atoms with Crippen molar-refractivity contribution in [1.29, 1.82) is 0 Å². The number of nitrogens with zero attached hydrogens (tertiary/aromatic N) is 1. The highest BCUT2D eigenvalue weighted by atomic mass is 16.5. The van der Waals surface area contributed by atoms with Gasteiger partial charge in [0.1, 0.15) is 11.3 Å². The van der Waals surface area contributed by atoms with E-state index < -0.39 is 5.54 Å². The van der Waals surface area contributed by atoms with Crippen molar-refractivity contribution in [2.45, 2.75) is 38.3 Å². The zero-order chi connectivity index (χ0) is 21.5. The molecule has 1 N–H and O–H groups in total. The van der Waals surface area contributed by atoms with Crippen LogP contribution in [0.15, 0.2) is 30.3 Å². The van der Waals surface area contributed by atoms with Crippen LogP contribution in [0.25, 0.3) is 0 Å². The minimum absolute atomic E-state index is 0.171. The van der Waals surface area contributed by atoms with Crippen LogP contribution >= 0.6 is 0 Å². The summed E-state index contributed by atoms with van der Waals surface area (Å²) < 4.78 is 16.1. The van der Waals surface area contributed by atoms with Crippen molar-refractivity contribution in [3.8, 4) is 17.2 Å². The van der Waals surface area contributed by atoms with Crippen LogP contribution < -0.4 is 19.5 Å². The zero-order valence-electron chi connectivity index (χ0n) is 17.7. The predicted octanol–water partition coefficient (Wildman–Crippen LogP) is 3.30. The molecule has 1 aliphatic heterocycles. The molecule has 0 radical (unpaired) electrons. The van der Waals surface area contributed by atoms with Crippen LogP contribution in [0.1, 0.15) is 35.1 Å². The molecule has 1 saturated heterocycles. The average molecular weight is 410 g/mol. The van der Waals surface area contributed by atoms with E-state index >= 15 is 0 Å². The highest BCUT2D eigenvalue weighted by molar-refractivity contribution is 6.07. The molecule has 1 atom stereocenters. The predicted molar refractivity (Wildman–Crippen MR) is 111 cm³/mol. The largest absolute Gasteiger partial charge is 0.497 e. The number of carbonyl (C=O) groups is 2. The third kappa shape index (κ3) is 3.05. The molecule has 7 heteroatoms. The average Bonchev–Trinajstić information content (AvgIpc) is 2.99. The van der Waals surface area contributed by atoms with Crippen LogP contribution in [-0.4, -0.2) is 38.2 Å². The lowest BCUT2D eigenvalue weighted by atomic mass is 9.76. The summed E-state index contributed by atoms with van der Waals surface area (Å²) in [4.78, 5) is 27.8. The van der Waals surface area contributed by atoms with E-state index in [0.29, 0.717) is 17.9 Å².